The second kappa shape index (κ2) is 10.9. The molecule has 2 aromatic carbocycles. The maximum Gasteiger partial charge on any atom is 0.332 e. The van der Waals surface area contributed by atoms with Crippen molar-refractivity contribution in [2.24, 2.45) is 7.05 Å². The number of methoxy groups -OCH3 is 3. The summed E-state index contributed by atoms with van der Waals surface area (Å²) < 4.78 is 18.4. The fourth-order valence-electron chi connectivity index (χ4n) is 3.92. The number of hydrogen-bond donors (Lipinski definition) is 1. The van der Waals surface area contributed by atoms with Crippen LogP contribution in [0.25, 0.3) is 0 Å². The third-order valence-electron chi connectivity index (χ3n) is 5.69. The maximum absolute atomic E-state index is 13.2. The highest BCUT2D eigenvalue weighted by molar-refractivity contribution is 6.01. The molecule has 0 fully saturated rings. The molecule has 0 bridgehead atoms. The molecular weight excluding hydrogens is 452 g/mol. The van der Waals surface area contributed by atoms with Gasteiger partial charge in [0.1, 0.15) is 11.4 Å². The van der Waals surface area contributed by atoms with E-state index >= 15 is 0 Å². The van der Waals surface area contributed by atoms with Gasteiger partial charge in [-0.2, -0.15) is 0 Å². The molecule has 0 saturated carbocycles. The first-order valence-electron chi connectivity index (χ1n) is 10.9. The van der Waals surface area contributed by atoms with Crippen molar-refractivity contribution < 1.29 is 19.0 Å². The van der Waals surface area contributed by atoms with E-state index in [9.17, 15) is 14.4 Å². The number of hydrogen-bond acceptors (Lipinski definition) is 8. The van der Waals surface area contributed by atoms with Gasteiger partial charge in [-0.15, -0.1) is 0 Å². The first-order valence-corrected chi connectivity index (χ1v) is 10.9. The highest BCUT2D eigenvalue weighted by Crippen LogP contribution is 2.40. The molecule has 0 aliphatic heterocycles. The number of anilines is 1. The van der Waals surface area contributed by atoms with Gasteiger partial charge < -0.3 is 19.9 Å². The zero-order chi connectivity index (χ0) is 25.7. The summed E-state index contributed by atoms with van der Waals surface area (Å²) in [4.78, 5) is 40.5. The quantitative estimate of drug-likeness (QED) is 0.432. The summed E-state index contributed by atoms with van der Waals surface area (Å²) in [6.45, 7) is 0.345. The molecule has 3 rings (SSSR count). The first kappa shape index (κ1) is 25.6. The Bertz CT molecular complexity index is 1330. The molecule has 0 saturated heterocycles. The molecule has 0 radical (unpaired) electrons. The van der Waals surface area contributed by atoms with Crippen LogP contribution in [-0.4, -0.2) is 54.7 Å². The molecule has 0 amide bonds. The Morgan fingerprint density at radius 3 is 2.23 bits per heavy atom. The molecule has 35 heavy (non-hydrogen) atoms. The third kappa shape index (κ3) is 5.22. The monoisotopic (exact) mass is 482 g/mol. The number of nitrogens with two attached hydrogens (primary N) is 1. The number of Topliss-reactive ketones (excluding diaryl/α,β-unsaturated/α-hetero) is 1. The number of ketones is 1. The molecule has 0 unspecified atom stereocenters. The Hall–Kier alpha value is -4.05. The summed E-state index contributed by atoms with van der Waals surface area (Å²) in [6, 6.07) is 12.8. The highest BCUT2D eigenvalue weighted by atomic mass is 16.5. The average molecular weight is 483 g/mol. The van der Waals surface area contributed by atoms with Gasteiger partial charge in [-0.05, 0) is 18.7 Å². The van der Waals surface area contributed by atoms with Crippen LogP contribution in [0.1, 0.15) is 21.5 Å². The van der Waals surface area contributed by atoms with Crippen molar-refractivity contribution in [2.75, 3.05) is 40.7 Å². The van der Waals surface area contributed by atoms with Crippen LogP contribution >= 0.6 is 0 Å². The molecule has 0 aliphatic rings. The van der Waals surface area contributed by atoms with Crippen molar-refractivity contribution in [1.29, 1.82) is 0 Å². The highest BCUT2D eigenvalue weighted by Gasteiger charge is 2.24. The van der Waals surface area contributed by atoms with Gasteiger partial charge in [0.15, 0.2) is 17.3 Å². The van der Waals surface area contributed by atoms with Gasteiger partial charge in [-0.25, -0.2) is 4.79 Å². The SMILES string of the molecule is COc1ccc(CN(C)CC(=O)c2c(N)n(Cc3ccccc3)c(=O)n(C)c2=O)c(OC)c1OC. The van der Waals surface area contributed by atoms with Gasteiger partial charge in [0.05, 0.1) is 34.4 Å². The van der Waals surface area contributed by atoms with Crippen LogP contribution in [0, 0.1) is 0 Å². The smallest absolute Gasteiger partial charge is 0.332 e. The molecule has 3 aromatic rings. The van der Waals surface area contributed by atoms with Crippen molar-refractivity contribution in [3.05, 3.63) is 80.0 Å². The topological polar surface area (TPSA) is 118 Å². The van der Waals surface area contributed by atoms with Crippen LogP contribution in [0.4, 0.5) is 5.82 Å². The lowest BCUT2D eigenvalue weighted by Gasteiger charge is -2.21. The number of benzene rings is 2. The summed E-state index contributed by atoms with van der Waals surface area (Å²) in [5.74, 6) is 0.802. The molecule has 10 nitrogen and oxygen atoms in total. The lowest BCUT2D eigenvalue weighted by atomic mass is 10.1. The summed E-state index contributed by atoms with van der Waals surface area (Å²) >= 11 is 0. The number of aromatic nitrogens is 2. The molecule has 10 heteroatoms. The van der Waals surface area contributed by atoms with Crippen LogP contribution in [0.2, 0.25) is 0 Å². The Kier molecular flexibility index (Phi) is 7.98. The number of rotatable bonds is 10. The fourth-order valence-corrected chi connectivity index (χ4v) is 3.92. The Labute approximate surface area is 203 Å². The summed E-state index contributed by atoms with van der Waals surface area (Å²) in [5, 5.41) is 0. The molecule has 0 aliphatic carbocycles. The number of nitrogens with zero attached hydrogens (tertiary/aromatic N) is 3. The number of ether oxygens (including phenoxy) is 3. The van der Waals surface area contributed by atoms with E-state index in [1.54, 1.807) is 18.0 Å². The fraction of sp³-hybridized carbons (Fsp3) is 0.320. The predicted octanol–water partition coefficient (Wildman–Crippen LogP) is 1.52. The van der Waals surface area contributed by atoms with E-state index in [4.69, 9.17) is 19.9 Å². The maximum atomic E-state index is 13.2. The van der Waals surface area contributed by atoms with E-state index < -0.39 is 17.0 Å². The largest absolute Gasteiger partial charge is 0.493 e. The van der Waals surface area contributed by atoms with Gasteiger partial charge >= 0.3 is 5.69 Å². The van der Waals surface area contributed by atoms with Crippen LogP contribution in [0.15, 0.2) is 52.1 Å². The molecule has 0 atom stereocenters. The lowest BCUT2D eigenvalue weighted by molar-refractivity contribution is 0.0940. The van der Waals surface area contributed by atoms with Crippen LogP contribution in [-0.2, 0) is 20.1 Å². The van der Waals surface area contributed by atoms with E-state index in [0.717, 1.165) is 15.7 Å². The van der Waals surface area contributed by atoms with E-state index in [-0.39, 0.29) is 24.5 Å². The second-order valence-corrected chi connectivity index (χ2v) is 8.07. The van der Waals surface area contributed by atoms with Crippen molar-refractivity contribution in [2.45, 2.75) is 13.1 Å². The van der Waals surface area contributed by atoms with E-state index in [2.05, 4.69) is 0 Å². The number of carbonyl (C=O) groups is 1. The van der Waals surface area contributed by atoms with Crippen molar-refractivity contribution in [3.63, 3.8) is 0 Å². The van der Waals surface area contributed by atoms with Crippen molar-refractivity contribution >= 4 is 11.6 Å². The average Bonchev–Trinajstić information content (AvgIpc) is 2.85. The van der Waals surface area contributed by atoms with E-state index in [1.807, 2.05) is 36.4 Å². The molecule has 1 heterocycles. The van der Waals surface area contributed by atoms with Crippen LogP contribution in [0.5, 0.6) is 17.2 Å². The van der Waals surface area contributed by atoms with Gasteiger partial charge in [0.25, 0.3) is 5.56 Å². The summed E-state index contributed by atoms with van der Waals surface area (Å²) in [5.41, 5.74) is 6.26. The molecule has 0 spiro atoms. The van der Waals surface area contributed by atoms with Gasteiger partial charge in [0.2, 0.25) is 5.75 Å². The summed E-state index contributed by atoms with van der Waals surface area (Å²) in [6.07, 6.45) is 0. The van der Waals surface area contributed by atoms with Gasteiger partial charge in [-0.1, -0.05) is 36.4 Å². The zero-order valence-corrected chi connectivity index (χ0v) is 20.5. The predicted molar refractivity (Wildman–Crippen MR) is 133 cm³/mol. The Morgan fingerprint density at radius 2 is 1.63 bits per heavy atom. The summed E-state index contributed by atoms with van der Waals surface area (Å²) in [7, 11) is 7.63. The minimum absolute atomic E-state index is 0.111. The zero-order valence-electron chi connectivity index (χ0n) is 20.5. The van der Waals surface area contributed by atoms with Crippen LogP contribution in [0.3, 0.4) is 0 Å². The molecule has 2 N–H and O–H groups in total. The Morgan fingerprint density at radius 1 is 0.971 bits per heavy atom. The lowest BCUT2D eigenvalue weighted by Crippen LogP contribution is -2.44. The van der Waals surface area contributed by atoms with Crippen molar-refractivity contribution in [3.8, 4) is 17.2 Å². The van der Waals surface area contributed by atoms with Crippen LogP contribution < -0.4 is 31.2 Å². The van der Waals surface area contributed by atoms with Crippen molar-refractivity contribution in [1.82, 2.24) is 14.0 Å². The minimum Gasteiger partial charge on any atom is -0.493 e. The number of nitrogen functional groups attached to an aromatic ring is 1. The third-order valence-corrected chi connectivity index (χ3v) is 5.69. The van der Waals surface area contributed by atoms with E-state index in [1.165, 1.54) is 32.9 Å². The minimum atomic E-state index is -0.723. The van der Waals surface area contributed by atoms with Gasteiger partial charge in [-0.3, -0.25) is 23.6 Å². The number of carbonyl (C=O) groups excluding carboxylic acids is 1. The molecule has 186 valence electrons. The molecule has 1 aromatic heterocycles. The Balaban J connectivity index is 1.90. The standard InChI is InChI=1S/C25H30N4O6/c1-27(14-17-11-12-19(33-3)22(35-5)21(17)34-4)15-18(30)20-23(26)29(25(32)28(2)24(20)31)13-16-9-7-6-8-10-16/h6-12H,13-15,26H2,1-5H3. The van der Waals surface area contributed by atoms with E-state index in [0.29, 0.717) is 23.8 Å². The second-order valence-electron chi connectivity index (χ2n) is 8.07. The first-order chi connectivity index (χ1) is 16.7. The molecular formula is C25H30N4O6. The normalized spacial score (nSPS) is 10.9. The van der Waals surface area contributed by atoms with Gasteiger partial charge in [0, 0.05) is 19.2 Å². The number of likely N-dealkylation sites (N-methyl/N-ethyl adjacent to an activating group) is 1.